The lowest BCUT2D eigenvalue weighted by Crippen LogP contribution is -2.53. The highest BCUT2D eigenvalue weighted by Gasteiger charge is 2.33. The predicted octanol–water partition coefficient (Wildman–Crippen LogP) is 2.32. The highest BCUT2D eigenvalue weighted by Crippen LogP contribution is 2.39. The minimum Gasteiger partial charge on any atom is -0.365 e. The third-order valence-electron chi connectivity index (χ3n) is 6.06. The van der Waals surface area contributed by atoms with Crippen LogP contribution in [-0.2, 0) is 27.7 Å². The van der Waals surface area contributed by atoms with Crippen LogP contribution in [-0.4, -0.2) is 61.7 Å². The predicted molar refractivity (Wildman–Crippen MR) is 125 cm³/mol. The average Bonchev–Trinajstić information content (AvgIpc) is 3.34. The van der Waals surface area contributed by atoms with Crippen LogP contribution in [0.4, 0.5) is 5.00 Å². The molecule has 2 aliphatic rings. The Labute approximate surface area is 196 Å². The molecule has 1 aliphatic heterocycles. The van der Waals surface area contributed by atoms with E-state index in [4.69, 9.17) is 17.3 Å². The van der Waals surface area contributed by atoms with Crippen molar-refractivity contribution in [3.05, 3.63) is 45.3 Å². The number of thiophene rings is 1. The van der Waals surface area contributed by atoms with Gasteiger partial charge in [0.1, 0.15) is 9.90 Å². The molecule has 2 aromatic rings. The van der Waals surface area contributed by atoms with E-state index in [9.17, 15) is 18.0 Å². The molecule has 172 valence electrons. The summed E-state index contributed by atoms with van der Waals surface area (Å²) in [7, 11) is -3.70. The minimum absolute atomic E-state index is 0.0885. The van der Waals surface area contributed by atoms with E-state index in [0.717, 1.165) is 29.7 Å². The summed E-state index contributed by atoms with van der Waals surface area (Å²) in [5.74, 6) is -0.763. The highest BCUT2D eigenvalue weighted by molar-refractivity contribution is 7.89. The minimum atomic E-state index is -3.70. The second-order valence-electron chi connectivity index (χ2n) is 7.96. The van der Waals surface area contributed by atoms with Crippen LogP contribution in [0.25, 0.3) is 0 Å². The first-order valence-electron chi connectivity index (χ1n) is 10.4. The molecule has 1 unspecified atom stereocenters. The molecule has 32 heavy (non-hydrogen) atoms. The smallest absolute Gasteiger partial charge is 0.251 e. The molecule has 0 spiro atoms. The standard InChI is InChI=1S/C21H25ClN4O4S2/c1-13(20(28)24-21-18(19(23)27)14-5-4-7-16(14)31-21)25-9-11-26(12-10-25)32(29,30)17-8-3-2-6-15(17)22/h2-3,6,8,13H,4-5,7,9-12H2,1H3,(H2,23,27)(H,24,28). The molecule has 4 rings (SSSR count). The molecule has 0 saturated carbocycles. The van der Waals surface area contributed by atoms with E-state index in [2.05, 4.69) is 5.32 Å². The van der Waals surface area contributed by atoms with Crippen LogP contribution in [0.2, 0.25) is 5.02 Å². The van der Waals surface area contributed by atoms with Crippen molar-refractivity contribution in [3.8, 4) is 0 Å². The van der Waals surface area contributed by atoms with Crippen LogP contribution < -0.4 is 11.1 Å². The van der Waals surface area contributed by atoms with Crippen LogP contribution in [0.3, 0.4) is 0 Å². The fourth-order valence-electron chi connectivity index (χ4n) is 4.26. The maximum atomic E-state index is 12.9. The lowest BCUT2D eigenvalue weighted by molar-refractivity contribution is -0.121. The van der Waals surface area contributed by atoms with Gasteiger partial charge in [-0.1, -0.05) is 23.7 Å². The zero-order chi connectivity index (χ0) is 23.0. The fraction of sp³-hybridized carbons (Fsp3) is 0.429. The van der Waals surface area contributed by atoms with Gasteiger partial charge in [0.25, 0.3) is 5.91 Å². The molecule has 1 fully saturated rings. The van der Waals surface area contributed by atoms with E-state index in [-0.39, 0.29) is 28.9 Å². The lowest BCUT2D eigenvalue weighted by atomic mass is 10.1. The number of halogens is 1. The van der Waals surface area contributed by atoms with Crippen molar-refractivity contribution in [2.75, 3.05) is 31.5 Å². The Morgan fingerprint density at radius 3 is 2.50 bits per heavy atom. The molecule has 2 amide bonds. The molecule has 0 radical (unpaired) electrons. The molecule has 8 nitrogen and oxygen atoms in total. The Morgan fingerprint density at radius 2 is 1.84 bits per heavy atom. The molecule has 1 saturated heterocycles. The Morgan fingerprint density at radius 1 is 1.16 bits per heavy atom. The number of nitrogens with two attached hydrogens (primary N) is 1. The van der Waals surface area contributed by atoms with Crippen LogP contribution in [0, 0.1) is 0 Å². The van der Waals surface area contributed by atoms with E-state index in [1.807, 2.05) is 4.90 Å². The number of piperazine rings is 1. The number of fused-ring (bicyclic) bond motifs is 1. The Bertz CT molecular complexity index is 1160. The van der Waals surface area contributed by atoms with Crippen molar-refractivity contribution in [1.82, 2.24) is 9.21 Å². The average molecular weight is 497 g/mol. The molecule has 1 aliphatic carbocycles. The zero-order valence-electron chi connectivity index (χ0n) is 17.6. The maximum absolute atomic E-state index is 12.9. The van der Waals surface area contributed by atoms with Crippen molar-refractivity contribution in [3.63, 3.8) is 0 Å². The van der Waals surface area contributed by atoms with Crippen molar-refractivity contribution >= 4 is 49.8 Å². The van der Waals surface area contributed by atoms with Gasteiger partial charge in [-0.2, -0.15) is 4.31 Å². The van der Waals surface area contributed by atoms with Gasteiger partial charge in [-0.25, -0.2) is 8.42 Å². The van der Waals surface area contributed by atoms with Gasteiger partial charge in [0.15, 0.2) is 0 Å². The monoisotopic (exact) mass is 496 g/mol. The summed E-state index contributed by atoms with van der Waals surface area (Å²) in [6.07, 6.45) is 2.69. The van der Waals surface area contributed by atoms with Crippen LogP contribution in [0.1, 0.15) is 34.1 Å². The summed E-state index contributed by atoms with van der Waals surface area (Å²) in [4.78, 5) is 28.0. The maximum Gasteiger partial charge on any atom is 0.251 e. The number of benzene rings is 1. The molecule has 11 heteroatoms. The van der Waals surface area contributed by atoms with Gasteiger partial charge in [-0.3, -0.25) is 14.5 Å². The number of rotatable bonds is 6. The number of nitrogens with one attached hydrogen (secondary N) is 1. The lowest BCUT2D eigenvalue weighted by Gasteiger charge is -2.36. The summed E-state index contributed by atoms with van der Waals surface area (Å²) < 4.78 is 27.3. The van der Waals surface area contributed by atoms with Gasteiger partial charge < -0.3 is 11.1 Å². The Hall–Kier alpha value is -1.98. The van der Waals surface area contributed by atoms with Crippen molar-refractivity contribution in [2.45, 2.75) is 37.1 Å². The quantitative estimate of drug-likeness (QED) is 0.637. The van der Waals surface area contributed by atoms with Gasteiger partial charge in [0, 0.05) is 31.1 Å². The van der Waals surface area contributed by atoms with Gasteiger partial charge in [-0.05, 0) is 43.9 Å². The third kappa shape index (κ3) is 4.29. The van der Waals surface area contributed by atoms with E-state index in [0.29, 0.717) is 23.7 Å². The Kier molecular flexibility index (Phi) is 6.60. The first-order chi connectivity index (χ1) is 15.2. The third-order valence-corrected chi connectivity index (χ3v) is 9.66. The first kappa shape index (κ1) is 23.2. The second kappa shape index (κ2) is 9.11. The van der Waals surface area contributed by atoms with Gasteiger partial charge in [0.05, 0.1) is 16.6 Å². The van der Waals surface area contributed by atoms with E-state index >= 15 is 0 Å². The van der Waals surface area contributed by atoms with Crippen molar-refractivity contribution < 1.29 is 18.0 Å². The molecule has 0 bridgehead atoms. The molecule has 1 atom stereocenters. The number of sulfonamides is 1. The number of carbonyl (C=O) groups excluding carboxylic acids is 2. The van der Waals surface area contributed by atoms with Gasteiger partial charge in [0.2, 0.25) is 15.9 Å². The van der Waals surface area contributed by atoms with Gasteiger partial charge >= 0.3 is 0 Å². The van der Waals surface area contributed by atoms with Crippen LogP contribution in [0.15, 0.2) is 29.2 Å². The number of hydrogen-bond donors (Lipinski definition) is 2. The summed E-state index contributed by atoms with van der Waals surface area (Å²) >= 11 is 7.51. The molecule has 3 N–H and O–H groups in total. The summed E-state index contributed by atoms with van der Waals surface area (Å²) in [5.41, 5.74) is 6.97. The van der Waals surface area contributed by atoms with E-state index in [1.54, 1.807) is 25.1 Å². The molecule has 2 heterocycles. The summed E-state index contributed by atoms with van der Waals surface area (Å²) in [5, 5.41) is 3.58. The van der Waals surface area contributed by atoms with E-state index < -0.39 is 22.0 Å². The molecule has 1 aromatic heterocycles. The van der Waals surface area contributed by atoms with Crippen molar-refractivity contribution in [1.29, 1.82) is 0 Å². The van der Waals surface area contributed by atoms with E-state index in [1.165, 1.54) is 21.7 Å². The SMILES string of the molecule is CC(C(=O)Nc1sc2c(c1C(N)=O)CCC2)N1CCN(S(=O)(=O)c2ccccc2Cl)CC1. The van der Waals surface area contributed by atoms with Crippen LogP contribution in [0.5, 0.6) is 0 Å². The second-order valence-corrected chi connectivity index (χ2v) is 11.4. The summed E-state index contributed by atoms with van der Waals surface area (Å²) in [6, 6.07) is 5.89. The number of nitrogens with zero attached hydrogens (tertiary/aromatic N) is 2. The first-order valence-corrected chi connectivity index (χ1v) is 13.1. The largest absolute Gasteiger partial charge is 0.365 e. The molecule has 1 aromatic carbocycles. The number of amides is 2. The number of anilines is 1. The fourth-order valence-corrected chi connectivity index (χ4v) is 7.47. The number of aryl methyl sites for hydroxylation is 1. The Balaban J connectivity index is 1.41. The molecular weight excluding hydrogens is 472 g/mol. The normalized spacial score (nSPS) is 18.3. The molecular formula is C21H25ClN4O4S2. The van der Waals surface area contributed by atoms with Crippen LogP contribution >= 0.6 is 22.9 Å². The number of hydrogen-bond acceptors (Lipinski definition) is 6. The van der Waals surface area contributed by atoms with Crippen molar-refractivity contribution in [2.24, 2.45) is 5.73 Å². The van der Waals surface area contributed by atoms with Gasteiger partial charge in [-0.15, -0.1) is 11.3 Å². The zero-order valence-corrected chi connectivity index (χ0v) is 20.0. The summed E-state index contributed by atoms with van der Waals surface area (Å²) in [6.45, 7) is 3.10. The number of primary amides is 1. The topological polar surface area (TPSA) is 113 Å². The highest BCUT2D eigenvalue weighted by atomic mass is 35.5. The number of carbonyl (C=O) groups is 2.